The number of rotatable bonds is 9. The molecule has 4 aromatic rings. The summed E-state index contributed by atoms with van der Waals surface area (Å²) in [6.45, 7) is 13.0. The van der Waals surface area contributed by atoms with Crippen LogP contribution in [0.15, 0.2) is 60.1 Å². The van der Waals surface area contributed by atoms with Gasteiger partial charge in [-0.1, -0.05) is 57.2 Å². The predicted octanol–water partition coefficient (Wildman–Crippen LogP) is 4.60. The Kier molecular flexibility index (Phi) is 10.6. The summed E-state index contributed by atoms with van der Waals surface area (Å²) in [5.41, 5.74) is 6.45. The Bertz CT molecular complexity index is 2010. The highest BCUT2D eigenvalue weighted by Gasteiger charge is 2.42. The number of hydrogen-bond donors (Lipinski definition) is 4. The highest BCUT2D eigenvalue weighted by Crippen LogP contribution is 2.36. The number of thiazole rings is 1. The highest BCUT2D eigenvalue weighted by molar-refractivity contribution is 7.13. The van der Waals surface area contributed by atoms with Gasteiger partial charge in [-0.25, -0.2) is 4.98 Å². The molecule has 2 saturated heterocycles. The Morgan fingerprint density at radius 2 is 1.81 bits per heavy atom. The standard InChI is InChI=1S/C40H49N9O4S/c1-24(26-12-14-27(15-13-26)35-25(2)42-23-54-35)43-38(52)31-10-8-16-49(31)39(53)36(40(3,4)5)44-34(51)22-47-17-18-48-28(21-47)20-41-37-32(48)19-30(45-46-37)29-9-6-7-11-33(29)50/h6-7,9,11-15,19,23-24,28,31,36,50H,8,10,16-18,20-22H2,1-5H3,(H,41,46)(H,43,52)(H,44,51)/t24-,28?,31-,36+/m0/s1. The summed E-state index contributed by atoms with van der Waals surface area (Å²) in [5.74, 6) is 0.203. The lowest BCUT2D eigenvalue weighted by molar-refractivity contribution is -0.144. The van der Waals surface area contributed by atoms with E-state index >= 15 is 0 Å². The molecule has 0 bridgehead atoms. The van der Waals surface area contributed by atoms with Gasteiger partial charge in [-0.2, -0.15) is 0 Å². The number of aromatic hydroxyl groups is 1. The number of hydrogen-bond acceptors (Lipinski definition) is 11. The molecule has 14 heteroatoms. The minimum Gasteiger partial charge on any atom is -0.507 e. The summed E-state index contributed by atoms with van der Waals surface area (Å²) < 4.78 is 0. The number of carbonyl (C=O) groups is 3. The second kappa shape index (κ2) is 15.3. The van der Waals surface area contributed by atoms with Crippen molar-refractivity contribution in [3.63, 3.8) is 0 Å². The average Bonchev–Trinajstić information content (AvgIpc) is 3.83. The normalized spacial score (nSPS) is 19.6. The minimum atomic E-state index is -0.797. The third-order valence-electron chi connectivity index (χ3n) is 10.7. The smallest absolute Gasteiger partial charge is 0.246 e. The molecule has 4 atom stereocenters. The van der Waals surface area contributed by atoms with Crippen LogP contribution in [0.4, 0.5) is 11.5 Å². The predicted molar refractivity (Wildman–Crippen MR) is 210 cm³/mol. The van der Waals surface area contributed by atoms with Crippen molar-refractivity contribution in [1.82, 2.24) is 35.6 Å². The molecule has 2 aromatic heterocycles. The van der Waals surface area contributed by atoms with Crippen LogP contribution in [-0.2, 0) is 14.4 Å². The van der Waals surface area contributed by atoms with Crippen molar-refractivity contribution < 1.29 is 19.5 Å². The maximum absolute atomic E-state index is 14.2. The van der Waals surface area contributed by atoms with Gasteiger partial charge in [0.25, 0.3) is 0 Å². The Labute approximate surface area is 320 Å². The molecule has 3 aliphatic heterocycles. The fraction of sp³-hybridized carbons (Fsp3) is 0.450. The molecule has 5 heterocycles. The molecule has 0 radical (unpaired) electrons. The molecule has 3 amide bonds. The van der Waals surface area contributed by atoms with Crippen LogP contribution in [0.5, 0.6) is 5.75 Å². The van der Waals surface area contributed by atoms with Crippen molar-refractivity contribution >= 4 is 40.6 Å². The highest BCUT2D eigenvalue weighted by atomic mass is 32.1. The van der Waals surface area contributed by atoms with Crippen LogP contribution in [0, 0.1) is 12.3 Å². The van der Waals surface area contributed by atoms with E-state index in [4.69, 9.17) is 0 Å². The lowest BCUT2D eigenvalue weighted by Gasteiger charge is -2.45. The maximum Gasteiger partial charge on any atom is 0.246 e. The van der Waals surface area contributed by atoms with E-state index < -0.39 is 17.5 Å². The first kappa shape index (κ1) is 37.2. The summed E-state index contributed by atoms with van der Waals surface area (Å²) in [6, 6.07) is 15.6. The number of nitrogens with zero attached hydrogens (tertiary/aromatic N) is 6. The third-order valence-corrected chi connectivity index (χ3v) is 11.7. The zero-order valence-corrected chi connectivity index (χ0v) is 32.3. The third kappa shape index (κ3) is 7.76. The number of amides is 3. The van der Waals surface area contributed by atoms with Crippen molar-refractivity contribution in [3.05, 3.63) is 71.4 Å². The second-order valence-electron chi connectivity index (χ2n) is 15.6. The van der Waals surface area contributed by atoms with Gasteiger partial charge in [0.05, 0.1) is 46.1 Å². The first-order valence-electron chi connectivity index (χ1n) is 18.7. The van der Waals surface area contributed by atoms with E-state index in [-0.39, 0.29) is 42.1 Å². The van der Waals surface area contributed by atoms with Gasteiger partial charge < -0.3 is 30.9 Å². The number of piperazine rings is 1. The van der Waals surface area contributed by atoms with Crippen LogP contribution < -0.4 is 20.9 Å². The van der Waals surface area contributed by atoms with Gasteiger partial charge in [0.15, 0.2) is 5.82 Å². The molecule has 0 aliphatic carbocycles. The SMILES string of the molecule is Cc1ncsc1-c1ccc([C@H](C)NC(=O)[C@@H]2CCCN2C(=O)[C@@H](NC(=O)CN2CCN3c4cc(-c5ccccc5O)nnc4NCC3C2)C(C)(C)C)cc1. The first-order chi connectivity index (χ1) is 25.9. The molecule has 13 nitrogen and oxygen atoms in total. The fourth-order valence-electron chi connectivity index (χ4n) is 7.74. The Morgan fingerprint density at radius 1 is 1.04 bits per heavy atom. The van der Waals surface area contributed by atoms with Gasteiger partial charge >= 0.3 is 0 Å². The zero-order valence-electron chi connectivity index (χ0n) is 31.5. The Hall–Kier alpha value is -5.08. The number of anilines is 2. The molecule has 7 rings (SSSR count). The first-order valence-corrected chi connectivity index (χ1v) is 19.5. The molecule has 0 spiro atoms. The molecule has 1 unspecified atom stereocenters. The number of aromatic nitrogens is 3. The van der Waals surface area contributed by atoms with Crippen molar-refractivity contribution in [2.24, 2.45) is 5.41 Å². The number of nitrogens with one attached hydrogen (secondary N) is 3. The lowest BCUT2D eigenvalue weighted by atomic mass is 9.85. The number of carbonyl (C=O) groups excluding carboxylic acids is 3. The van der Waals surface area contributed by atoms with Crippen LogP contribution in [0.25, 0.3) is 21.7 Å². The second-order valence-corrected chi connectivity index (χ2v) is 16.5. The van der Waals surface area contributed by atoms with E-state index in [9.17, 15) is 19.5 Å². The van der Waals surface area contributed by atoms with E-state index in [0.29, 0.717) is 62.6 Å². The van der Waals surface area contributed by atoms with E-state index in [1.165, 1.54) is 0 Å². The van der Waals surface area contributed by atoms with Gasteiger partial charge in [0, 0.05) is 38.3 Å². The van der Waals surface area contributed by atoms with Gasteiger partial charge in [0.2, 0.25) is 17.7 Å². The molecule has 0 saturated carbocycles. The summed E-state index contributed by atoms with van der Waals surface area (Å²) >= 11 is 1.60. The van der Waals surface area contributed by atoms with Crippen LogP contribution in [0.3, 0.4) is 0 Å². The number of benzene rings is 2. The zero-order chi connectivity index (χ0) is 38.1. The fourth-order valence-corrected chi connectivity index (χ4v) is 8.55. The molecular weight excluding hydrogens is 703 g/mol. The summed E-state index contributed by atoms with van der Waals surface area (Å²) in [5, 5.41) is 28.7. The minimum absolute atomic E-state index is 0.0900. The van der Waals surface area contributed by atoms with Crippen LogP contribution >= 0.6 is 11.3 Å². The molecule has 3 aliphatic rings. The van der Waals surface area contributed by atoms with Gasteiger partial charge in [-0.05, 0) is 61.4 Å². The Balaban J connectivity index is 0.960. The van der Waals surface area contributed by atoms with Crippen molar-refractivity contribution in [1.29, 1.82) is 0 Å². The summed E-state index contributed by atoms with van der Waals surface area (Å²) in [4.78, 5) is 53.0. The molecule has 4 N–H and O–H groups in total. The number of likely N-dealkylation sites (tertiary alicyclic amines) is 1. The van der Waals surface area contributed by atoms with Crippen LogP contribution in [-0.4, -0.2) is 105 Å². The van der Waals surface area contributed by atoms with Crippen molar-refractivity contribution in [3.8, 4) is 27.4 Å². The maximum atomic E-state index is 14.2. The topological polar surface area (TPSA) is 156 Å². The number of phenols is 1. The molecule has 2 fully saturated rings. The van der Waals surface area contributed by atoms with Crippen molar-refractivity contribution in [2.45, 2.75) is 71.6 Å². The molecular formula is C40H49N9O4S. The lowest BCUT2D eigenvalue weighted by Crippen LogP contribution is -2.61. The average molecular weight is 752 g/mol. The van der Waals surface area contributed by atoms with E-state index in [2.05, 4.69) is 53.1 Å². The van der Waals surface area contributed by atoms with E-state index in [1.807, 2.05) is 70.5 Å². The number of phenolic OH excluding ortho intramolecular Hbond substituents is 1. The quantitative estimate of drug-likeness (QED) is 0.191. The Morgan fingerprint density at radius 3 is 2.54 bits per heavy atom. The van der Waals surface area contributed by atoms with Crippen LogP contribution in [0.2, 0.25) is 0 Å². The van der Waals surface area contributed by atoms with Gasteiger partial charge in [-0.15, -0.1) is 21.5 Å². The van der Waals surface area contributed by atoms with E-state index in [0.717, 1.165) is 27.4 Å². The monoisotopic (exact) mass is 751 g/mol. The summed E-state index contributed by atoms with van der Waals surface area (Å²) in [7, 11) is 0. The number of fused-ring (bicyclic) bond motifs is 3. The van der Waals surface area contributed by atoms with Crippen LogP contribution in [0.1, 0.15) is 57.8 Å². The van der Waals surface area contributed by atoms with Gasteiger partial charge in [-0.3, -0.25) is 19.3 Å². The summed E-state index contributed by atoms with van der Waals surface area (Å²) in [6.07, 6.45) is 1.29. The molecule has 284 valence electrons. The number of aryl methyl sites for hydroxylation is 1. The number of para-hydroxylation sites is 1. The van der Waals surface area contributed by atoms with Gasteiger partial charge in [0.1, 0.15) is 17.8 Å². The molecule has 54 heavy (non-hydrogen) atoms. The largest absolute Gasteiger partial charge is 0.507 e. The van der Waals surface area contributed by atoms with Crippen molar-refractivity contribution in [2.75, 3.05) is 49.5 Å². The van der Waals surface area contributed by atoms with E-state index in [1.54, 1.807) is 28.4 Å². The molecule has 2 aromatic carbocycles.